The van der Waals surface area contributed by atoms with Crippen molar-refractivity contribution in [2.24, 2.45) is 0 Å². The van der Waals surface area contributed by atoms with E-state index in [0.717, 1.165) is 16.8 Å². The van der Waals surface area contributed by atoms with Crippen LogP contribution in [-0.4, -0.2) is 15.0 Å². The van der Waals surface area contributed by atoms with Gasteiger partial charge in [-0.15, -0.1) is 0 Å². The lowest BCUT2D eigenvalue weighted by atomic mass is 10.2. The Morgan fingerprint density at radius 2 is 1.90 bits per heavy atom. The molecule has 4 aromatic rings. The Balaban J connectivity index is 1.71. The largest absolute Gasteiger partial charge is 0.483 e. The zero-order valence-electron chi connectivity index (χ0n) is 16.1. The highest BCUT2D eigenvalue weighted by atomic mass is 35.5. The van der Waals surface area contributed by atoms with E-state index >= 15 is 0 Å². The number of hydrogen-bond donors (Lipinski definition) is 1. The normalized spacial score (nSPS) is 10.6. The average molecular weight is 421 g/mol. The zero-order chi connectivity index (χ0) is 20.9. The highest BCUT2D eigenvalue weighted by molar-refractivity contribution is 6.30. The number of aromatic nitrogens is 3. The fraction of sp³-hybridized carbons (Fsp3) is 0.0870. The fourth-order valence-electron chi connectivity index (χ4n) is 2.84. The number of anilines is 2. The number of aryl methyl sites for hydroxylation is 1. The van der Waals surface area contributed by atoms with Crippen LogP contribution in [0.5, 0.6) is 5.75 Å². The van der Waals surface area contributed by atoms with Crippen molar-refractivity contribution in [2.75, 3.05) is 5.32 Å². The van der Waals surface area contributed by atoms with Crippen molar-refractivity contribution in [2.45, 2.75) is 13.5 Å². The molecule has 5 nitrogen and oxygen atoms in total. The number of ether oxygens (including phenoxy) is 1. The molecule has 2 heterocycles. The third kappa shape index (κ3) is 4.55. The molecule has 0 spiro atoms. The molecule has 0 saturated heterocycles. The molecule has 30 heavy (non-hydrogen) atoms. The Labute approximate surface area is 178 Å². The average Bonchev–Trinajstić information content (AvgIpc) is 2.77. The van der Waals surface area contributed by atoms with Gasteiger partial charge in [0.1, 0.15) is 12.4 Å². The van der Waals surface area contributed by atoms with E-state index < -0.39 is 5.82 Å². The van der Waals surface area contributed by atoms with E-state index in [-0.39, 0.29) is 11.4 Å². The topological polar surface area (TPSA) is 59.9 Å². The van der Waals surface area contributed by atoms with Crippen LogP contribution in [0.2, 0.25) is 5.02 Å². The van der Waals surface area contributed by atoms with Crippen LogP contribution >= 0.6 is 11.6 Å². The van der Waals surface area contributed by atoms with E-state index in [0.29, 0.717) is 23.2 Å². The third-order valence-electron chi connectivity index (χ3n) is 4.44. The summed E-state index contributed by atoms with van der Waals surface area (Å²) in [4.78, 5) is 12.9. The molecule has 0 bridgehead atoms. The molecular formula is C23H18ClFN4O. The maximum atomic E-state index is 14.3. The molecule has 0 aliphatic heterocycles. The smallest absolute Gasteiger partial charge is 0.180 e. The Bertz CT molecular complexity index is 1170. The molecule has 7 heteroatoms. The van der Waals surface area contributed by atoms with E-state index in [1.165, 1.54) is 24.4 Å². The van der Waals surface area contributed by atoms with Gasteiger partial charge in [0.05, 0.1) is 11.8 Å². The number of benzene rings is 2. The molecule has 0 saturated carbocycles. The predicted octanol–water partition coefficient (Wildman–Crippen LogP) is 5.96. The maximum absolute atomic E-state index is 14.3. The molecule has 0 atom stereocenters. The number of halogens is 2. The summed E-state index contributed by atoms with van der Waals surface area (Å²) in [7, 11) is 0. The fourth-order valence-corrected chi connectivity index (χ4v) is 3.01. The summed E-state index contributed by atoms with van der Waals surface area (Å²) >= 11 is 6.04. The van der Waals surface area contributed by atoms with Crippen LogP contribution in [0.3, 0.4) is 0 Å². The summed E-state index contributed by atoms with van der Waals surface area (Å²) < 4.78 is 20.3. The Kier molecular flexibility index (Phi) is 5.86. The number of hydrogen-bond acceptors (Lipinski definition) is 5. The first-order valence-electron chi connectivity index (χ1n) is 9.27. The van der Waals surface area contributed by atoms with Crippen molar-refractivity contribution in [3.63, 3.8) is 0 Å². The molecule has 0 aliphatic rings. The Morgan fingerprint density at radius 3 is 2.70 bits per heavy atom. The van der Waals surface area contributed by atoms with Gasteiger partial charge < -0.3 is 10.1 Å². The molecule has 0 radical (unpaired) electrons. The van der Waals surface area contributed by atoms with Gasteiger partial charge in [0, 0.05) is 23.1 Å². The second-order valence-corrected chi connectivity index (χ2v) is 7.06. The van der Waals surface area contributed by atoms with Crippen molar-refractivity contribution in [1.29, 1.82) is 0 Å². The second kappa shape index (κ2) is 8.88. The Morgan fingerprint density at radius 1 is 1.07 bits per heavy atom. The highest BCUT2D eigenvalue weighted by Crippen LogP contribution is 2.31. The van der Waals surface area contributed by atoms with Crippen molar-refractivity contribution in [3.05, 3.63) is 95.2 Å². The highest BCUT2D eigenvalue weighted by Gasteiger charge is 2.15. The van der Waals surface area contributed by atoms with Crippen LogP contribution in [0.4, 0.5) is 15.9 Å². The van der Waals surface area contributed by atoms with Gasteiger partial charge in [-0.1, -0.05) is 41.9 Å². The van der Waals surface area contributed by atoms with Crippen LogP contribution < -0.4 is 10.1 Å². The number of nitrogens with one attached hydrogen (secondary N) is 1. The van der Waals surface area contributed by atoms with Gasteiger partial charge in [-0.2, -0.15) is 0 Å². The summed E-state index contributed by atoms with van der Waals surface area (Å²) in [5.41, 5.74) is 2.96. The lowest BCUT2D eigenvalue weighted by Gasteiger charge is -2.15. The molecule has 2 aromatic heterocycles. The number of nitrogens with zero attached hydrogens (tertiary/aromatic N) is 3. The first-order valence-corrected chi connectivity index (χ1v) is 9.65. The molecule has 4 rings (SSSR count). The van der Waals surface area contributed by atoms with Gasteiger partial charge in [0.2, 0.25) is 0 Å². The zero-order valence-corrected chi connectivity index (χ0v) is 16.9. The molecule has 0 aliphatic carbocycles. The summed E-state index contributed by atoms with van der Waals surface area (Å²) in [6, 6.07) is 15.9. The SMILES string of the molecule is Cc1cnccc1Nc1nc(-c2cc(Cl)ccc2F)ncc1OCc1ccccc1. The molecule has 0 amide bonds. The van der Waals surface area contributed by atoms with Crippen molar-refractivity contribution >= 4 is 23.1 Å². The molecule has 150 valence electrons. The number of rotatable bonds is 6. The maximum Gasteiger partial charge on any atom is 0.180 e. The van der Waals surface area contributed by atoms with E-state index in [2.05, 4.69) is 20.3 Å². The van der Waals surface area contributed by atoms with Crippen LogP contribution in [0, 0.1) is 12.7 Å². The van der Waals surface area contributed by atoms with Gasteiger partial charge in [-0.25, -0.2) is 14.4 Å². The minimum absolute atomic E-state index is 0.205. The lowest BCUT2D eigenvalue weighted by Crippen LogP contribution is -2.05. The predicted molar refractivity (Wildman–Crippen MR) is 115 cm³/mol. The van der Waals surface area contributed by atoms with Crippen molar-refractivity contribution in [1.82, 2.24) is 15.0 Å². The van der Waals surface area contributed by atoms with E-state index in [9.17, 15) is 4.39 Å². The van der Waals surface area contributed by atoms with Crippen LogP contribution in [0.15, 0.2) is 73.2 Å². The van der Waals surface area contributed by atoms with Gasteiger partial charge in [0.15, 0.2) is 17.4 Å². The van der Waals surface area contributed by atoms with Crippen LogP contribution in [0.25, 0.3) is 11.4 Å². The molecular weight excluding hydrogens is 403 g/mol. The minimum Gasteiger partial charge on any atom is -0.483 e. The minimum atomic E-state index is -0.455. The standard InChI is InChI=1S/C23H18ClFN4O/c1-15-12-26-10-9-20(15)28-23-21(30-14-16-5-3-2-4-6-16)13-27-22(29-23)18-11-17(24)7-8-19(18)25/h2-13H,14H2,1H3,(H,26,27,28,29). The summed E-state index contributed by atoms with van der Waals surface area (Å²) in [6.45, 7) is 2.28. The van der Waals surface area contributed by atoms with Gasteiger partial charge in [-0.3, -0.25) is 4.98 Å². The van der Waals surface area contributed by atoms with Crippen molar-refractivity contribution in [3.8, 4) is 17.1 Å². The second-order valence-electron chi connectivity index (χ2n) is 6.62. The van der Waals surface area contributed by atoms with E-state index in [1.54, 1.807) is 12.4 Å². The monoisotopic (exact) mass is 420 g/mol. The third-order valence-corrected chi connectivity index (χ3v) is 4.67. The van der Waals surface area contributed by atoms with E-state index in [1.807, 2.05) is 43.3 Å². The van der Waals surface area contributed by atoms with E-state index in [4.69, 9.17) is 16.3 Å². The lowest BCUT2D eigenvalue weighted by molar-refractivity contribution is 0.305. The molecule has 1 N–H and O–H groups in total. The van der Waals surface area contributed by atoms with Crippen LogP contribution in [0.1, 0.15) is 11.1 Å². The van der Waals surface area contributed by atoms with Crippen LogP contribution in [-0.2, 0) is 6.61 Å². The first-order chi connectivity index (χ1) is 14.6. The summed E-state index contributed by atoms with van der Waals surface area (Å²) in [5.74, 6) is 0.616. The Hall–Kier alpha value is -3.51. The first kappa shape index (κ1) is 19.8. The van der Waals surface area contributed by atoms with Gasteiger partial charge in [-0.05, 0) is 42.3 Å². The molecule has 2 aromatic carbocycles. The molecule has 0 unspecified atom stereocenters. The van der Waals surface area contributed by atoms with Gasteiger partial charge >= 0.3 is 0 Å². The molecule has 0 fully saturated rings. The van der Waals surface area contributed by atoms with Crippen molar-refractivity contribution < 1.29 is 9.13 Å². The number of pyridine rings is 1. The summed E-state index contributed by atoms with van der Waals surface area (Å²) in [6.07, 6.45) is 4.95. The van der Waals surface area contributed by atoms with Gasteiger partial charge in [0.25, 0.3) is 0 Å². The quantitative estimate of drug-likeness (QED) is 0.417. The summed E-state index contributed by atoms with van der Waals surface area (Å²) in [5, 5.41) is 3.65.